The molecule has 0 spiro atoms. The Kier molecular flexibility index (Phi) is 5.75. The van der Waals surface area contributed by atoms with Crippen LogP contribution in [0.3, 0.4) is 0 Å². The van der Waals surface area contributed by atoms with Gasteiger partial charge in [-0.2, -0.15) is 0 Å². The monoisotopic (exact) mass is 245 g/mol. The molecule has 4 heteroatoms. The lowest BCUT2D eigenvalue weighted by molar-refractivity contribution is 0.217. The minimum atomic E-state index is -0.0826. The van der Waals surface area contributed by atoms with E-state index >= 15 is 0 Å². The minimum absolute atomic E-state index is 0.0826. The first-order valence-electron chi connectivity index (χ1n) is 6.06. The Hall–Kier alpha value is -1.99. The molecule has 4 nitrogen and oxygen atoms in total. The molecule has 96 valence electrons. The van der Waals surface area contributed by atoms with E-state index in [0.29, 0.717) is 19.6 Å². The molecule has 0 saturated heterocycles. The van der Waals surface area contributed by atoms with E-state index in [9.17, 15) is 4.79 Å². The normalized spacial score (nSPS) is 9.28. The van der Waals surface area contributed by atoms with Gasteiger partial charge >= 0.3 is 6.03 Å². The first-order chi connectivity index (χ1) is 8.71. The highest BCUT2D eigenvalue weighted by Gasteiger charge is 2.08. The van der Waals surface area contributed by atoms with Gasteiger partial charge in [0.1, 0.15) is 0 Å². The fraction of sp³-hybridized carbons (Fsp3) is 0.357. The van der Waals surface area contributed by atoms with Crippen LogP contribution in [0.5, 0.6) is 0 Å². The number of benzene rings is 1. The van der Waals surface area contributed by atoms with Crippen LogP contribution in [0.2, 0.25) is 0 Å². The molecule has 0 atom stereocenters. The quantitative estimate of drug-likeness (QED) is 0.799. The molecule has 3 N–H and O–H groups in total. The van der Waals surface area contributed by atoms with Crippen LogP contribution in [0, 0.1) is 11.8 Å². The molecule has 0 fully saturated rings. The van der Waals surface area contributed by atoms with Crippen LogP contribution in [0.4, 0.5) is 10.5 Å². The van der Waals surface area contributed by atoms with E-state index in [4.69, 9.17) is 5.73 Å². The zero-order valence-electron chi connectivity index (χ0n) is 10.9. The van der Waals surface area contributed by atoms with Gasteiger partial charge in [-0.3, -0.25) is 0 Å². The number of rotatable bonds is 3. The Morgan fingerprint density at radius 2 is 1.89 bits per heavy atom. The predicted octanol–water partition coefficient (Wildman–Crippen LogP) is 1.87. The molecule has 0 aromatic heterocycles. The predicted molar refractivity (Wildman–Crippen MR) is 74.3 cm³/mol. The van der Waals surface area contributed by atoms with Crippen LogP contribution in [-0.2, 0) is 0 Å². The van der Waals surface area contributed by atoms with Crippen molar-refractivity contribution in [3.05, 3.63) is 29.8 Å². The number of nitrogens with one attached hydrogen (secondary N) is 1. The molecule has 1 rings (SSSR count). The molecule has 2 amide bonds. The van der Waals surface area contributed by atoms with Crippen molar-refractivity contribution in [3.8, 4) is 11.8 Å². The first kappa shape index (κ1) is 14.1. The maximum absolute atomic E-state index is 11.8. The molecule has 0 aliphatic rings. The molecular weight excluding hydrogens is 226 g/mol. The van der Waals surface area contributed by atoms with Crippen molar-refractivity contribution in [1.82, 2.24) is 4.90 Å². The molecule has 1 aromatic rings. The SMILES string of the molecule is CCN(CC)C(=O)Nc1ccc(C#CCN)cc1. The Morgan fingerprint density at radius 3 is 2.39 bits per heavy atom. The lowest BCUT2D eigenvalue weighted by Gasteiger charge is -2.19. The zero-order valence-corrected chi connectivity index (χ0v) is 10.9. The van der Waals surface area contributed by atoms with Crippen molar-refractivity contribution < 1.29 is 4.79 Å². The Balaban J connectivity index is 2.66. The van der Waals surface area contributed by atoms with Crippen molar-refractivity contribution in [2.24, 2.45) is 5.73 Å². The molecule has 1 aromatic carbocycles. The van der Waals surface area contributed by atoms with Crippen molar-refractivity contribution in [2.75, 3.05) is 25.0 Å². The molecule has 0 radical (unpaired) electrons. The maximum Gasteiger partial charge on any atom is 0.321 e. The number of nitrogens with two attached hydrogens (primary N) is 1. The van der Waals surface area contributed by atoms with E-state index in [-0.39, 0.29) is 6.03 Å². The maximum atomic E-state index is 11.8. The van der Waals surface area contributed by atoms with Gasteiger partial charge in [-0.15, -0.1) is 0 Å². The second kappa shape index (κ2) is 7.36. The summed E-state index contributed by atoms with van der Waals surface area (Å²) in [5, 5.41) is 2.84. The highest BCUT2D eigenvalue weighted by Crippen LogP contribution is 2.09. The van der Waals surface area contributed by atoms with Gasteiger partial charge in [-0.05, 0) is 38.1 Å². The van der Waals surface area contributed by atoms with E-state index < -0.39 is 0 Å². The van der Waals surface area contributed by atoms with Gasteiger partial charge in [-0.1, -0.05) is 11.8 Å². The summed E-state index contributed by atoms with van der Waals surface area (Å²) in [5.74, 6) is 5.72. The first-order valence-corrected chi connectivity index (χ1v) is 6.06. The topological polar surface area (TPSA) is 58.4 Å². The van der Waals surface area contributed by atoms with Crippen LogP contribution < -0.4 is 11.1 Å². The summed E-state index contributed by atoms with van der Waals surface area (Å²) in [6.07, 6.45) is 0. The highest BCUT2D eigenvalue weighted by atomic mass is 16.2. The second-order valence-electron chi connectivity index (χ2n) is 3.69. The number of carbonyl (C=O) groups excluding carboxylic acids is 1. The molecule has 0 unspecified atom stereocenters. The Morgan fingerprint density at radius 1 is 1.28 bits per heavy atom. The third kappa shape index (κ3) is 4.11. The van der Waals surface area contributed by atoms with E-state index in [1.54, 1.807) is 4.90 Å². The summed E-state index contributed by atoms with van der Waals surface area (Å²) in [6.45, 7) is 5.65. The number of nitrogens with zero attached hydrogens (tertiary/aromatic N) is 1. The molecule has 0 bridgehead atoms. The fourth-order valence-electron chi connectivity index (χ4n) is 1.50. The Bertz CT molecular complexity index is 438. The van der Waals surface area contributed by atoms with E-state index in [0.717, 1.165) is 11.3 Å². The zero-order chi connectivity index (χ0) is 13.4. The van der Waals surface area contributed by atoms with Gasteiger partial charge in [0.2, 0.25) is 0 Å². The van der Waals surface area contributed by atoms with E-state index in [1.165, 1.54) is 0 Å². The van der Waals surface area contributed by atoms with Crippen LogP contribution in [0.15, 0.2) is 24.3 Å². The van der Waals surface area contributed by atoms with Crippen molar-refractivity contribution >= 4 is 11.7 Å². The Labute approximate surface area is 108 Å². The minimum Gasteiger partial charge on any atom is -0.325 e. The van der Waals surface area contributed by atoms with Crippen LogP contribution in [0.1, 0.15) is 19.4 Å². The number of urea groups is 1. The molecular formula is C14H19N3O. The summed E-state index contributed by atoms with van der Waals surface area (Å²) in [4.78, 5) is 13.5. The smallest absolute Gasteiger partial charge is 0.321 e. The van der Waals surface area contributed by atoms with Gasteiger partial charge < -0.3 is 16.0 Å². The average molecular weight is 245 g/mol. The van der Waals surface area contributed by atoms with Crippen molar-refractivity contribution in [2.45, 2.75) is 13.8 Å². The number of hydrogen-bond donors (Lipinski definition) is 2. The fourth-order valence-corrected chi connectivity index (χ4v) is 1.50. The third-order valence-corrected chi connectivity index (χ3v) is 2.52. The van der Waals surface area contributed by atoms with E-state index in [2.05, 4.69) is 17.2 Å². The number of carbonyl (C=O) groups is 1. The summed E-state index contributed by atoms with van der Waals surface area (Å²) < 4.78 is 0. The summed E-state index contributed by atoms with van der Waals surface area (Å²) in [5.41, 5.74) is 6.96. The van der Waals surface area contributed by atoms with Crippen molar-refractivity contribution in [1.29, 1.82) is 0 Å². The number of anilines is 1. The summed E-state index contributed by atoms with van der Waals surface area (Å²) in [7, 11) is 0. The lowest BCUT2D eigenvalue weighted by atomic mass is 10.2. The summed E-state index contributed by atoms with van der Waals surface area (Å²) >= 11 is 0. The van der Waals surface area contributed by atoms with Crippen LogP contribution in [-0.4, -0.2) is 30.6 Å². The number of amides is 2. The largest absolute Gasteiger partial charge is 0.325 e. The lowest BCUT2D eigenvalue weighted by Crippen LogP contribution is -2.34. The molecule has 0 aliphatic heterocycles. The average Bonchev–Trinajstić information content (AvgIpc) is 2.39. The third-order valence-electron chi connectivity index (χ3n) is 2.52. The van der Waals surface area contributed by atoms with Gasteiger partial charge in [0.15, 0.2) is 0 Å². The molecule has 0 heterocycles. The van der Waals surface area contributed by atoms with Crippen LogP contribution in [0.25, 0.3) is 0 Å². The van der Waals surface area contributed by atoms with Gasteiger partial charge in [0.25, 0.3) is 0 Å². The van der Waals surface area contributed by atoms with Crippen LogP contribution >= 0.6 is 0 Å². The second-order valence-corrected chi connectivity index (χ2v) is 3.69. The molecule has 18 heavy (non-hydrogen) atoms. The molecule has 0 saturated carbocycles. The van der Waals surface area contributed by atoms with Gasteiger partial charge in [0, 0.05) is 24.3 Å². The van der Waals surface area contributed by atoms with Gasteiger partial charge in [0.05, 0.1) is 6.54 Å². The highest BCUT2D eigenvalue weighted by molar-refractivity contribution is 5.89. The summed E-state index contributed by atoms with van der Waals surface area (Å²) in [6, 6.07) is 7.31. The standard InChI is InChI=1S/C14H19N3O/c1-3-17(4-2)14(18)16-13-9-7-12(8-10-13)6-5-11-15/h7-10H,3-4,11,15H2,1-2H3,(H,16,18). The van der Waals surface area contributed by atoms with E-state index in [1.807, 2.05) is 38.1 Å². The van der Waals surface area contributed by atoms with Crippen molar-refractivity contribution in [3.63, 3.8) is 0 Å². The number of hydrogen-bond acceptors (Lipinski definition) is 2. The molecule has 0 aliphatic carbocycles. The van der Waals surface area contributed by atoms with Gasteiger partial charge in [-0.25, -0.2) is 4.79 Å².